The largest absolute Gasteiger partial charge is 0.573 e. The Morgan fingerprint density at radius 1 is 1.09 bits per heavy atom. The van der Waals surface area contributed by atoms with Crippen LogP contribution in [0.25, 0.3) is 11.3 Å². The number of aliphatic hydroxyl groups excluding tert-OH is 1. The first kappa shape index (κ1) is 21.6. The summed E-state index contributed by atoms with van der Waals surface area (Å²) in [5, 5.41) is 18.2. The van der Waals surface area contributed by atoms with Crippen LogP contribution in [0, 0.1) is 0 Å². The number of alkyl halides is 3. The number of benzene rings is 2. The normalized spacial score (nSPS) is 18.6. The van der Waals surface area contributed by atoms with E-state index in [-0.39, 0.29) is 18.3 Å². The molecule has 0 bridgehead atoms. The van der Waals surface area contributed by atoms with Gasteiger partial charge < -0.3 is 14.7 Å². The van der Waals surface area contributed by atoms with Crippen LogP contribution in [0.15, 0.2) is 72.9 Å². The molecule has 3 aromatic rings. The molecule has 2 heterocycles. The van der Waals surface area contributed by atoms with E-state index in [1.54, 1.807) is 12.2 Å². The monoisotopic (exact) mass is 444 g/mol. The molecular formula is C22H19F3N4O3. The molecule has 1 aliphatic heterocycles. The maximum absolute atomic E-state index is 13.1. The van der Waals surface area contributed by atoms with Crippen molar-refractivity contribution in [3.8, 4) is 17.0 Å². The molecule has 1 amide bonds. The zero-order valence-electron chi connectivity index (χ0n) is 16.7. The molecule has 4 rings (SSSR count). The smallest absolute Gasteiger partial charge is 0.406 e. The van der Waals surface area contributed by atoms with Gasteiger partial charge >= 0.3 is 12.4 Å². The summed E-state index contributed by atoms with van der Waals surface area (Å²) in [7, 11) is 0. The van der Waals surface area contributed by atoms with Crippen LogP contribution in [0.2, 0.25) is 0 Å². The predicted octanol–water partition coefficient (Wildman–Crippen LogP) is 3.66. The van der Waals surface area contributed by atoms with E-state index >= 15 is 0 Å². The van der Waals surface area contributed by atoms with Gasteiger partial charge in [-0.05, 0) is 36.2 Å². The summed E-state index contributed by atoms with van der Waals surface area (Å²) in [5.74, 6) is -0.359. The van der Waals surface area contributed by atoms with Crippen molar-refractivity contribution in [3.05, 3.63) is 78.5 Å². The predicted molar refractivity (Wildman–Crippen MR) is 109 cm³/mol. The Labute approximate surface area is 181 Å². The standard InChI is InChI=1S/C22H19F3N4O3/c23-22(24,25)32-19-10-6-16(7-11-19)20-13-26-29(27-20)21(31)28-14-18(30)9-8-17(28)12-15-4-2-1-3-5-15/h1-11,13,17-18,30H,12,14H2/t17-,18+/m1/s1. The Morgan fingerprint density at radius 3 is 2.50 bits per heavy atom. The third-order valence-corrected chi connectivity index (χ3v) is 4.92. The summed E-state index contributed by atoms with van der Waals surface area (Å²) in [6.45, 7) is 0.0905. The maximum atomic E-state index is 13.1. The summed E-state index contributed by atoms with van der Waals surface area (Å²) in [6, 6.07) is 13.9. The van der Waals surface area contributed by atoms with E-state index < -0.39 is 18.5 Å². The van der Waals surface area contributed by atoms with E-state index in [4.69, 9.17) is 0 Å². The second kappa shape index (κ2) is 8.83. The molecule has 0 unspecified atom stereocenters. The number of rotatable bonds is 4. The average Bonchev–Trinajstić information content (AvgIpc) is 3.25. The van der Waals surface area contributed by atoms with Crippen molar-refractivity contribution in [2.75, 3.05) is 6.54 Å². The molecule has 0 spiro atoms. The molecule has 7 nitrogen and oxygen atoms in total. The minimum Gasteiger partial charge on any atom is -0.406 e. The highest BCUT2D eigenvalue weighted by Gasteiger charge is 2.31. The van der Waals surface area contributed by atoms with Crippen molar-refractivity contribution in [3.63, 3.8) is 0 Å². The van der Waals surface area contributed by atoms with Crippen molar-refractivity contribution in [1.82, 2.24) is 19.9 Å². The van der Waals surface area contributed by atoms with Gasteiger partial charge in [0.25, 0.3) is 0 Å². The lowest BCUT2D eigenvalue weighted by molar-refractivity contribution is -0.274. The Morgan fingerprint density at radius 2 is 1.81 bits per heavy atom. The molecular weight excluding hydrogens is 425 g/mol. The van der Waals surface area contributed by atoms with Crippen LogP contribution in [0.3, 0.4) is 0 Å². The number of aromatic nitrogens is 3. The lowest BCUT2D eigenvalue weighted by Crippen LogP contribution is -2.49. The van der Waals surface area contributed by atoms with Gasteiger partial charge in [-0.25, -0.2) is 4.79 Å². The summed E-state index contributed by atoms with van der Waals surface area (Å²) in [5.41, 5.74) is 1.81. The van der Waals surface area contributed by atoms with Crippen molar-refractivity contribution in [2.45, 2.75) is 24.9 Å². The molecule has 0 aliphatic carbocycles. The lowest BCUT2D eigenvalue weighted by atomic mass is 10.0. The van der Waals surface area contributed by atoms with Crippen LogP contribution in [-0.4, -0.2) is 56.1 Å². The number of nitrogens with zero attached hydrogens (tertiary/aromatic N) is 4. The number of hydrogen-bond acceptors (Lipinski definition) is 5. The fraction of sp³-hybridized carbons (Fsp3) is 0.227. The molecule has 0 fully saturated rings. The summed E-state index contributed by atoms with van der Waals surface area (Å²) in [4.78, 5) is 15.5. The second-order valence-corrected chi connectivity index (χ2v) is 7.24. The van der Waals surface area contributed by atoms with Crippen molar-refractivity contribution in [2.24, 2.45) is 0 Å². The number of amides is 1. The van der Waals surface area contributed by atoms with Crippen LogP contribution < -0.4 is 4.74 Å². The summed E-state index contributed by atoms with van der Waals surface area (Å²) in [6.07, 6.45) is -0.236. The minimum absolute atomic E-state index is 0.0905. The molecule has 1 aliphatic rings. The van der Waals surface area contributed by atoms with Gasteiger partial charge in [-0.2, -0.15) is 5.10 Å². The molecule has 1 N–H and O–H groups in total. The van der Waals surface area contributed by atoms with Crippen LogP contribution in [0.4, 0.5) is 18.0 Å². The Hall–Kier alpha value is -3.66. The highest BCUT2D eigenvalue weighted by molar-refractivity contribution is 5.76. The van der Waals surface area contributed by atoms with Gasteiger partial charge in [0.2, 0.25) is 0 Å². The van der Waals surface area contributed by atoms with E-state index in [0.29, 0.717) is 17.7 Å². The Kier molecular flexibility index (Phi) is 5.95. The van der Waals surface area contributed by atoms with Crippen LogP contribution in [0.5, 0.6) is 5.75 Å². The molecule has 1 aromatic heterocycles. The van der Waals surface area contributed by atoms with Gasteiger partial charge in [0.1, 0.15) is 11.4 Å². The van der Waals surface area contributed by atoms with Crippen molar-refractivity contribution in [1.29, 1.82) is 0 Å². The maximum Gasteiger partial charge on any atom is 0.573 e. The molecule has 10 heteroatoms. The Balaban J connectivity index is 1.51. The highest BCUT2D eigenvalue weighted by Crippen LogP contribution is 2.25. The summed E-state index contributed by atoms with van der Waals surface area (Å²) >= 11 is 0. The second-order valence-electron chi connectivity index (χ2n) is 7.24. The number of carbonyl (C=O) groups is 1. The first-order valence-electron chi connectivity index (χ1n) is 9.78. The molecule has 2 aromatic carbocycles. The quantitative estimate of drug-likeness (QED) is 0.622. The number of carbonyl (C=O) groups excluding carboxylic acids is 1. The zero-order valence-corrected chi connectivity index (χ0v) is 16.7. The molecule has 32 heavy (non-hydrogen) atoms. The van der Waals surface area contributed by atoms with E-state index in [2.05, 4.69) is 14.9 Å². The number of hydrogen-bond donors (Lipinski definition) is 1. The lowest BCUT2D eigenvalue weighted by Gasteiger charge is -2.33. The molecule has 0 saturated heterocycles. The fourth-order valence-corrected chi connectivity index (χ4v) is 3.44. The topological polar surface area (TPSA) is 80.5 Å². The molecule has 166 valence electrons. The van der Waals surface area contributed by atoms with E-state index in [9.17, 15) is 23.1 Å². The first-order valence-corrected chi connectivity index (χ1v) is 9.78. The molecule has 2 atom stereocenters. The van der Waals surface area contributed by atoms with Gasteiger partial charge in [-0.15, -0.1) is 18.3 Å². The number of β-amino-alcohol motifs (C(OH)–C–C–N with tert-alkyl or cyclic N) is 1. The van der Waals surface area contributed by atoms with Gasteiger partial charge in [0, 0.05) is 5.56 Å². The third kappa shape index (κ3) is 5.14. The van der Waals surface area contributed by atoms with Crippen molar-refractivity contribution >= 4 is 6.03 Å². The van der Waals surface area contributed by atoms with Gasteiger partial charge in [-0.1, -0.05) is 47.3 Å². The van der Waals surface area contributed by atoms with E-state index in [1.807, 2.05) is 30.3 Å². The van der Waals surface area contributed by atoms with Crippen LogP contribution in [-0.2, 0) is 6.42 Å². The van der Waals surface area contributed by atoms with Gasteiger partial charge in [-0.3, -0.25) is 0 Å². The first-order chi connectivity index (χ1) is 15.3. The molecule has 0 saturated carbocycles. The number of aliphatic hydroxyl groups is 1. The number of ether oxygens (including phenoxy) is 1. The number of halogens is 3. The summed E-state index contributed by atoms with van der Waals surface area (Å²) < 4.78 is 40.8. The Bertz CT molecular complexity index is 1100. The average molecular weight is 444 g/mol. The van der Waals surface area contributed by atoms with E-state index in [1.165, 1.54) is 23.2 Å². The van der Waals surface area contributed by atoms with Crippen LogP contribution in [0.1, 0.15) is 5.56 Å². The molecule has 0 radical (unpaired) electrons. The fourth-order valence-electron chi connectivity index (χ4n) is 3.44. The minimum atomic E-state index is -4.78. The van der Waals surface area contributed by atoms with Gasteiger partial charge in [0.15, 0.2) is 0 Å². The zero-order chi connectivity index (χ0) is 22.7. The van der Waals surface area contributed by atoms with Crippen LogP contribution >= 0.6 is 0 Å². The highest BCUT2D eigenvalue weighted by atomic mass is 19.4. The third-order valence-electron chi connectivity index (χ3n) is 4.92. The van der Waals surface area contributed by atoms with Gasteiger partial charge in [0.05, 0.1) is 24.9 Å². The van der Waals surface area contributed by atoms with Crippen molar-refractivity contribution < 1.29 is 27.8 Å². The SMILES string of the molecule is O=C(N1C[C@@H](O)C=C[C@@H]1Cc1ccccc1)n1ncc(-c2ccc(OC(F)(F)F)cc2)n1. The van der Waals surface area contributed by atoms with E-state index in [0.717, 1.165) is 22.5 Å².